The van der Waals surface area contributed by atoms with Gasteiger partial charge in [-0.3, -0.25) is 9.69 Å². The van der Waals surface area contributed by atoms with Crippen molar-refractivity contribution in [2.75, 3.05) is 26.2 Å². The first-order valence-corrected chi connectivity index (χ1v) is 5.84. The molecule has 0 aromatic heterocycles. The molecule has 1 saturated carbocycles. The van der Waals surface area contributed by atoms with Crippen molar-refractivity contribution < 1.29 is 9.90 Å². The second-order valence-electron chi connectivity index (χ2n) is 4.62. The molecule has 1 amide bonds. The summed E-state index contributed by atoms with van der Waals surface area (Å²) in [5, 5.41) is 8.86. The molecule has 0 unspecified atom stereocenters. The van der Waals surface area contributed by atoms with E-state index in [1.165, 1.54) is 12.8 Å². The van der Waals surface area contributed by atoms with E-state index in [0.717, 1.165) is 26.1 Å². The molecule has 86 valence electrons. The molecule has 15 heavy (non-hydrogen) atoms. The highest BCUT2D eigenvalue weighted by atomic mass is 16.3. The second kappa shape index (κ2) is 4.49. The Morgan fingerprint density at radius 3 is 2.67 bits per heavy atom. The summed E-state index contributed by atoms with van der Waals surface area (Å²) in [7, 11) is 0. The molecular formula is C11H20N2O2. The lowest BCUT2D eigenvalue weighted by Crippen LogP contribution is -2.42. The number of hydrogen-bond donors (Lipinski definition) is 1. The number of carbonyl (C=O) groups excluding carboxylic acids is 1. The average molecular weight is 212 g/mol. The first kappa shape index (κ1) is 10.9. The van der Waals surface area contributed by atoms with Crippen LogP contribution in [0.15, 0.2) is 0 Å². The minimum absolute atomic E-state index is 0.216. The Kier molecular flexibility index (Phi) is 3.26. The topological polar surface area (TPSA) is 43.8 Å². The van der Waals surface area contributed by atoms with Crippen LogP contribution in [0.5, 0.6) is 0 Å². The monoisotopic (exact) mass is 212 g/mol. The molecule has 1 aliphatic carbocycles. The number of rotatable bonds is 4. The van der Waals surface area contributed by atoms with Gasteiger partial charge in [0.25, 0.3) is 0 Å². The van der Waals surface area contributed by atoms with Crippen LogP contribution in [0, 0.1) is 0 Å². The molecule has 0 radical (unpaired) electrons. The van der Waals surface area contributed by atoms with Crippen molar-refractivity contribution in [3.8, 4) is 0 Å². The van der Waals surface area contributed by atoms with Crippen molar-refractivity contribution >= 4 is 5.91 Å². The van der Waals surface area contributed by atoms with Gasteiger partial charge in [0.2, 0.25) is 5.91 Å². The number of nitrogens with zero attached hydrogens (tertiary/aromatic N) is 2. The van der Waals surface area contributed by atoms with Gasteiger partial charge in [0.15, 0.2) is 0 Å². The normalized spacial score (nSPS) is 26.9. The molecule has 0 bridgehead atoms. The van der Waals surface area contributed by atoms with Gasteiger partial charge in [-0.2, -0.15) is 0 Å². The van der Waals surface area contributed by atoms with Crippen LogP contribution >= 0.6 is 0 Å². The summed E-state index contributed by atoms with van der Waals surface area (Å²) in [6.45, 7) is 4.59. The maximum absolute atomic E-state index is 11.5. The Labute approximate surface area is 90.9 Å². The van der Waals surface area contributed by atoms with Gasteiger partial charge in [0.05, 0.1) is 6.61 Å². The van der Waals surface area contributed by atoms with E-state index in [9.17, 15) is 4.79 Å². The third kappa shape index (κ3) is 2.49. The molecule has 4 nitrogen and oxygen atoms in total. The quantitative estimate of drug-likeness (QED) is 0.717. The fourth-order valence-corrected chi connectivity index (χ4v) is 2.55. The van der Waals surface area contributed by atoms with Crippen molar-refractivity contribution in [3.63, 3.8) is 0 Å². The maximum Gasteiger partial charge on any atom is 0.219 e. The molecule has 0 aromatic carbocycles. The smallest absolute Gasteiger partial charge is 0.219 e. The molecule has 4 heteroatoms. The van der Waals surface area contributed by atoms with E-state index in [4.69, 9.17) is 5.11 Å². The molecule has 1 atom stereocenters. The van der Waals surface area contributed by atoms with E-state index in [1.807, 2.05) is 0 Å². The van der Waals surface area contributed by atoms with Gasteiger partial charge in [0.1, 0.15) is 0 Å². The number of amides is 1. The Morgan fingerprint density at radius 1 is 1.40 bits per heavy atom. The fourth-order valence-electron chi connectivity index (χ4n) is 2.55. The zero-order chi connectivity index (χ0) is 10.8. The zero-order valence-corrected chi connectivity index (χ0v) is 9.35. The number of carbonyl (C=O) groups is 1. The number of β-amino-alcohol motifs (C(OH)–C–C–N with tert-alkyl or cyclic N) is 1. The molecule has 2 rings (SSSR count). The van der Waals surface area contributed by atoms with Crippen LogP contribution in [0.25, 0.3) is 0 Å². The van der Waals surface area contributed by atoms with E-state index in [1.54, 1.807) is 6.92 Å². The fraction of sp³-hybridized carbons (Fsp3) is 0.909. The molecule has 1 saturated heterocycles. The van der Waals surface area contributed by atoms with Crippen molar-refractivity contribution in [1.29, 1.82) is 0 Å². The predicted molar refractivity (Wildman–Crippen MR) is 57.5 cm³/mol. The lowest BCUT2D eigenvalue weighted by molar-refractivity contribution is -0.131. The van der Waals surface area contributed by atoms with Crippen LogP contribution in [-0.2, 0) is 4.79 Å². The van der Waals surface area contributed by atoms with Gasteiger partial charge in [0, 0.05) is 38.6 Å². The summed E-state index contributed by atoms with van der Waals surface area (Å²) in [6.07, 6.45) is 3.42. The third-order valence-electron chi connectivity index (χ3n) is 3.36. The Balaban J connectivity index is 1.89. The van der Waals surface area contributed by atoms with Crippen molar-refractivity contribution in [3.05, 3.63) is 0 Å². The number of hydrogen-bond acceptors (Lipinski definition) is 3. The molecule has 1 heterocycles. The summed E-state index contributed by atoms with van der Waals surface area (Å²) in [6, 6.07) is 0.906. The lowest BCUT2D eigenvalue weighted by atomic mass is 10.2. The minimum atomic E-state index is 0.216. The number of aliphatic hydroxyl groups excluding tert-OH is 1. The minimum Gasteiger partial charge on any atom is -0.395 e. The highest BCUT2D eigenvalue weighted by Crippen LogP contribution is 2.31. The standard InChI is InChI=1S/C11H20N2O2/c1-9(15)13(10-2-3-10)11-4-5-12(8-11)6-7-14/h10-11,14H,2-8H2,1H3/t11-/m1/s1. The van der Waals surface area contributed by atoms with E-state index in [-0.39, 0.29) is 12.5 Å². The molecule has 1 N–H and O–H groups in total. The summed E-state index contributed by atoms with van der Waals surface area (Å²) >= 11 is 0. The van der Waals surface area contributed by atoms with E-state index in [0.29, 0.717) is 12.1 Å². The van der Waals surface area contributed by atoms with Crippen LogP contribution in [0.1, 0.15) is 26.2 Å². The van der Waals surface area contributed by atoms with Crippen LogP contribution in [-0.4, -0.2) is 59.1 Å². The molecule has 0 aromatic rings. The van der Waals surface area contributed by atoms with Crippen molar-refractivity contribution in [2.24, 2.45) is 0 Å². The summed E-state index contributed by atoms with van der Waals surface area (Å²) in [5.41, 5.74) is 0. The highest BCUT2D eigenvalue weighted by molar-refractivity contribution is 5.74. The van der Waals surface area contributed by atoms with Crippen LogP contribution < -0.4 is 0 Å². The van der Waals surface area contributed by atoms with Crippen molar-refractivity contribution in [2.45, 2.75) is 38.3 Å². The molecular weight excluding hydrogens is 192 g/mol. The van der Waals surface area contributed by atoms with Gasteiger partial charge in [-0.15, -0.1) is 0 Å². The van der Waals surface area contributed by atoms with Crippen LogP contribution in [0.4, 0.5) is 0 Å². The van der Waals surface area contributed by atoms with E-state index in [2.05, 4.69) is 9.80 Å². The Morgan fingerprint density at radius 2 is 2.13 bits per heavy atom. The Bertz CT molecular complexity index is 241. The SMILES string of the molecule is CC(=O)N(C1CC1)[C@@H]1CCN(CCO)C1. The van der Waals surface area contributed by atoms with Crippen molar-refractivity contribution in [1.82, 2.24) is 9.80 Å². The molecule has 0 spiro atoms. The van der Waals surface area contributed by atoms with Gasteiger partial charge in [-0.05, 0) is 19.3 Å². The second-order valence-corrected chi connectivity index (χ2v) is 4.62. The van der Waals surface area contributed by atoms with Crippen LogP contribution in [0.3, 0.4) is 0 Å². The molecule has 2 aliphatic rings. The van der Waals surface area contributed by atoms with Gasteiger partial charge in [-0.1, -0.05) is 0 Å². The highest BCUT2D eigenvalue weighted by Gasteiger charge is 2.38. The average Bonchev–Trinajstić information content (AvgIpc) is 2.88. The first-order valence-electron chi connectivity index (χ1n) is 5.84. The molecule has 2 fully saturated rings. The summed E-state index contributed by atoms with van der Waals surface area (Å²) in [4.78, 5) is 15.8. The van der Waals surface area contributed by atoms with E-state index >= 15 is 0 Å². The molecule has 1 aliphatic heterocycles. The Hall–Kier alpha value is -0.610. The first-order chi connectivity index (χ1) is 7.22. The lowest BCUT2D eigenvalue weighted by Gasteiger charge is -2.28. The van der Waals surface area contributed by atoms with E-state index < -0.39 is 0 Å². The third-order valence-corrected chi connectivity index (χ3v) is 3.36. The largest absolute Gasteiger partial charge is 0.395 e. The van der Waals surface area contributed by atoms with Gasteiger partial charge >= 0.3 is 0 Å². The maximum atomic E-state index is 11.5. The predicted octanol–water partition coefficient (Wildman–Crippen LogP) is 0.0639. The summed E-state index contributed by atoms with van der Waals surface area (Å²) < 4.78 is 0. The number of aliphatic hydroxyl groups is 1. The van der Waals surface area contributed by atoms with Gasteiger partial charge in [-0.25, -0.2) is 0 Å². The zero-order valence-electron chi connectivity index (χ0n) is 9.35. The summed E-state index contributed by atoms with van der Waals surface area (Å²) in [5.74, 6) is 0.216. The number of likely N-dealkylation sites (tertiary alicyclic amines) is 1. The van der Waals surface area contributed by atoms with Crippen LogP contribution in [0.2, 0.25) is 0 Å². The van der Waals surface area contributed by atoms with Gasteiger partial charge < -0.3 is 10.0 Å².